The van der Waals surface area contributed by atoms with Gasteiger partial charge in [0.1, 0.15) is 5.52 Å². The standard InChI is InChI=1S/C29H30N4O3/c1-29(2,23-10-4-3-5-11-23)30-27(34)25-12-6-8-22-19-33(31-26(22)25)24-15-13-20(14-16-24)21-9-7-17-32(18-21)28(35)36/h3-6,8,10-16,19,21H,7,9,17-18H2,1-2H3,(H,30,34)(H,35,36). The Hall–Kier alpha value is -4.13. The van der Waals surface area contributed by atoms with Gasteiger partial charge in [-0.1, -0.05) is 54.6 Å². The van der Waals surface area contributed by atoms with E-state index in [1.54, 1.807) is 10.7 Å². The Morgan fingerprint density at radius 1 is 1.00 bits per heavy atom. The van der Waals surface area contributed by atoms with Crippen molar-refractivity contribution < 1.29 is 14.7 Å². The Morgan fingerprint density at radius 2 is 1.75 bits per heavy atom. The lowest BCUT2D eigenvalue weighted by Gasteiger charge is -2.31. The summed E-state index contributed by atoms with van der Waals surface area (Å²) in [5, 5.41) is 18.1. The number of amides is 2. The van der Waals surface area contributed by atoms with Gasteiger partial charge in [-0.15, -0.1) is 0 Å². The highest BCUT2D eigenvalue weighted by molar-refractivity contribution is 6.05. The molecule has 5 rings (SSSR count). The van der Waals surface area contributed by atoms with Crippen LogP contribution in [0.25, 0.3) is 16.6 Å². The molecule has 0 bridgehead atoms. The van der Waals surface area contributed by atoms with Crippen molar-refractivity contribution in [3.05, 3.63) is 95.7 Å². The average Bonchev–Trinajstić information content (AvgIpc) is 3.34. The van der Waals surface area contributed by atoms with Crippen molar-refractivity contribution in [1.82, 2.24) is 20.0 Å². The first kappa shape index (κ1) is 23.6. The fraction of sp³-hybridized carbons (Fsp3) is 0.276. The number of nitrogens with one attached hydrogen (secondary N) is 1. The van der Waals surface area contributed by atoms with Crippen LogP contribution >= 0.6 is 0 Å². The van der Waals surface area contributed by atoms with Crippen molar-refractivity contribution in [3.63, 3.8) is 0 Å². The van der Waals surface area contributed by atoms with Crippen LogP contribution in [0.1, 0.15) is 54.1 Å². The molecular weight excluding hydrogens is 452 g/mol. The van der Waals surface area contributed by atoms with E-state index in [2.05, 4.69) is 5.32 Å². The number of benzene rings is 3. The van der Waals surface area contributed by atoms with Gasteiger partial charge in [-0.25, -0.2) is 9.48 Å². The SMILES string of the molecule is CC(C)(NC(=O)c1cccc2cn(-c3ccc(C4CCCN(C(=O)O)C4)cc3)nc12)c1ccccc1. The van der Waals surface area contributed by atoms with Crippen LogP contribution in [0.4, 0.5) is 4.79 Å². The summed E-state index contributed by atoms with van der Waals surface area (Å²) in [6.45, 7) is 5.10. The average molecular weight is 483 g/mol. The van der Waals surface area contributed by atoms with Crippen LogP contribution in [0.3, 0.4) is 0 Å². The van der Waals surface area contributed by atoms with E-state index in [4.69, 9.17) is 5.10 Å². The van der Waals surface area contributed by atoms with Gasteiger partial charge >= 0.3 is 6.09 Å². The van der Waals surface area contributed by atoms with Crippen molar-refractivity contribution in [3.8, 4) is 5.69 Å². The predicted molar refractivity (Wildman–Crippen MR) is 140 cm³/mol. The number of carboxylic acid groups (broad SMARTS) is 1. The lowest BCUT2D eigenvalue weighted by atomic mass is 9.91. The molecular formula is C29H30N4O3. The van der Waals surface area contributed by atoms with E-state index < -0.39 is 11.6 Å². The smallest absolute Gasteiger partial charge is 0.407 e. The number of hydrogen-bond acceptors (Lipinski definition) is 3. The lowest BCUT2D eigenvalue weighted by molar-refractivity contribution is 0.0913. The van der Waals surface area contributed by atoms with E-state index in [0.717, 1.165) is 35.0 Å². The second-order valence-electron chi connectivity index (χ2n) is 9.92. The van der Waals surface area contributed by atoms with Crippen LogP contribution in [0, 0.1) is 0 Å². The summed E-state index contributed by atoms with van der Waals surface area (Å²) in [5.41, 5.74) is 3.69. The van der Waals surface area contributed by atoms with Gasteiger partial charge in [-0.2, -0.15) is 5.10 Å². The number of nitrogens with zero attached hydrogens (tertiary/aromatic N) is 3. The summed E-state index contributed by atoms with van der Waals surface area (Å²) in [4.78, 5) is 26.1. The highest BCUT2D eigenvalue weighted by Crippen LogP contribution is 2.28. The van der Waals surface area contributed by atoms with E-state index >= 15 is 0 Å². The van der Waals surface area contributed by atoms with Gasteiger partial charge < -0.3 is 15.3 Å². The van der Waals surface area contributed by atoms with Gasteiger partial charge in [-0.05, 0) is 56.0 Å². The largest absolute Gasteiger partial charge is 0.465 e. The molecule has 2 amide bonds. The van der Waals surface area contributed by atoms with Gasteiger partial charge in [0.15, 0.2) is 0 Å². The van der Waals surface area contributed by atoms with Crippen molar-refractivity contribution >= 4 is 22.9 Å². The van der Waals surface area contributed by atoms with Gasteiger partial charge in [0.2, 0.25) is 0 Å². The maximum atomic E-state index is 13.3. The second kappa shape index (κ2) is 9.49. The molecule has 0 saturated carbocycles. The molecule has 2 N–H and O–H groups in total. The number of fused-ring (bicyclic) bond motifs is 1. The van der Waals surface area contributed by atoms with Crippen molar-refractivity contribution in [2.45, 2.75) is 38.1 Å². The lowest BCUT2D eigenvalue weighted by Crippen LogP contribution is -2.41. The quantitative estimate of drug-likeness (QED) is 0.391. The second-order valence-corrected chi connectivity index (χ2v) is 9.92. The normalized spacial score (nSPS) is 16.2. The number of carbonyl (C=O) groups is 2. The zero-order valence-electron chi connectivity index (χ0n) is 20.5. The number of aromatic nitrogens is 2. The van der Waals surface area contributed by atoms with Gasteiger partial charge in [-0.3, -0.25) is 4.79 Å². The first-order valence-electron chi connectivity index (χ1n) is 12.3. The zero-order valence-corrected chi connectivity index (χ0v) is 20.5. The Labute approximate surface area is 210 Å². The van der Waals surface area contributed by atoms with Gasteiger partial charge in [0.25, 0.3) is 5.91 Å². The molecule has 7 heteroatoms. The first-order chi connectivity index (χ1) is 17.3. The highest BCUT2D eigenvalue weighted by Gasteiger charge is 2.26. The molecule has 1 unspecified atom stereocenters. The van der Waals surface area contributed by atoms with Gasteiger partial charge in [0, 0.05) is 30.6 Å². The summed E-state index contributed by atoms with van der Waals surface area (Å²) in [5.74, 6) is 0.0270. The molecule has 0 spiro atoms. The third kappa shape index (κ3) is 4.69. The molecule has 1 aliphatic heterocycles. The number of piperidine rings is 1. The van der Waals surface area contributed by atoms with E-state index in [1.165, 1.54) is 4.90 Å². The Balaban J connectivity index is 1.38. The van der Waals surface area contributed by atoms with Crippen LogP contribution in [0.15, 0.2) is 79.0 Å². The van der Waals surface area contributed by atoms with Crippen molar-refractivity contribution in [1.29, 1.82) is 0 Å². The van der Waals surface area contributed by atoms with Crippen LogP contribution < -0.4 is 5.32 Å². The summed E-state index contributed by atoms with van der Waals surface area (Å²) in [7, 11) is 0. The maximum absolute atomic E-state index is 13.3. The number of likely N-dealkylation sites (tertiary alicyclic amines) is 1. The van der Waals surface area contributed by atoms with Crippen LogP contribution in [0.2, 0.25) is 0 Å². The molecule has 1 aromatic heterocycles. The third-order valence-electron chi connectivity index (χ3n) is 7.02. The maximum Gasteiger partial charge on any atom is 0.407 e. The minimum absolute atomic E-state index is 0.171. The van der Waals surface area contributed by atoms with Crippen LogP contribution in [-0.4, -0.2) is 44.9 Å². The highest BCUT2D eigenvalue weighted by atomic mass is 16.4. The predicted octanol–water partition coefficient (Wildman–Crippen LogP) is 5.55. The molecule has 1 aliphatic rings. The molecule has 184 valence electrons. The fourth-order valence-corrected chi connectivity index (χ4v) is 4.96. The molecule has 7 nitrogen and oxygen atoms in total. The van der Waals surface area contributed by atoms with E-state index in [-0.39, 0.29) is 11.8 Å². The van der Waals surface area contributed by atoms with Crippen molar-refractivity contribution in [2.75, 3.05) is 13.1 Å². The number of rotatable bonds is 5. The monoisotopic (exact) mass is 482 g/mol. The third-order valence-corrected chi connectivity index (χ3v) is 7.02. The Morgan fingerprint density at radius 3 is 2.47 bits per heavy atom. The molecule has 1 atom stereocenters. The minimum atomic E-state index is -0.855. The molecule has 0 radical (unpaired) electrons. The molecule has 1 fully saturated rings. The van der Waals surface area contributed by atoms with E-state index in [1.807, 2.05) is 86.8 Å². The number of hydrogen-bond donors (Lipinski definition) is 2. The van der Waals surface area contributed by atoms with Crippen LogP contribution in [0.5, 0.6) is 0 Å². The summed E-state index contributed by atoms with van der Waals surface area (Å²) < 4.78 is 1.79. The molecule has 4 aromatic rings. The minimum Gasteiger partial charge on any atom is -0.465 e. The summed E-state index contributed by atoms with van der Waals surface area (Å²) >= 11 is 0. The Kier molecular flexibility index (Phi) is 6.22. The van der Waals surface area contributed by atoms with Crippen LogP contribution in [-0.2, 0) is 5.54 Å². The zero-order chi connectivity index (χ0) is 25.3. The topological polar surface area (TPSA) is 87.5 Å². The molecule has 36 heavy (non-hydrogen) atoms. The van der Waals surface area contributed by atoms with Crippen molar-refractivity contribution in [2.24, 2.45) is 0 Å². The van der Waals surface area contributed by atoms with E-state index in [0.29, 0.717) is 24.2 Å². The fourth-order valence-electron chi connectivity index (χ4n) is 4.96. The number of carbonyl (C=O) groups excluding carboxylic acids is 1. The summed E-state index contributed by atoms with van der Waals surface area (Å²) in [6.07, 6.45) is 2.92. The van der Waals surface area contributed by atoms with Gasteiger partial charge in [0.05, 0.1) is 16.8 Å². The molecule has 1 saturated heterocycles. The van der Waals surface area contributed by atoms with E-state index in [9.17, 15) is 14.7 Å². The Bertz CT molecular complexity index is 1390. The molecule has 2 heterocycles. The molecule has 3 aromatic carbocycles. The summed E-state index contributed by atoms with van der Waals surface area (Å²) in [6, 6.07) is 23.6. The first-order valence-corrected chi connectivity index (χ1v) is 12.3. The molecule has 0 aliphatic carbocycles.